The first-order valence-corrected chi connectivity index (χ1v) is 7.73. The van der Waals surface area contributed by atoms with E-state index in [0.717, 1.165) is 12.3 Å². The van der Waals surface area contributed by atoms with Crippen LogP contribution in [0.5, 0.6) is 5.88 Å². The average Bonchev–Trinajstić information content (AvgIpc) is 2.78. The zero-order valence-electron chi connectivity index (χ0n) is 12.1. The molecule has 23 heavy (non-hydrogen) atoms. The molecule has 7 nitrogen and oxygen atoms in total. The van der Waals surface area contributed by atoms with E-state index in [1.165, 1.54) is 12.3 Å². The molecule has 2 rings (SSSR count). The zero-order valence-corrected chi connectivity index (χ0v) is 12.9. The van der Waals surface area contributed by atoms with E-state index in [2.05, 4.69) is 19.4 Å². The normalized spacial score (nSPS) is 12.2. The highest BCUT2D eigenvalue weighted by Crippen LogP contribution is 2.19. The number of rotatable bonds is 5. The first-order valence-electron chi connectivity index (χ1n) is 6.25. The van der Waals surface area contributed by atoms with Crippen LogP contribution in [0.25, 0.3) is 0 Å². The first kappa shape index (κ1) is 17.1. The lowest BCUT2D eigenvalue weighted by Crippen LogP contribution is -2.19. The van der Waals surface area contributed by atoms with Gasteiger partial charge in [0.2, 0.25) is 5.88 Å². The topological polar surface area (TPSA) is 86.1 Å². The number of anilines is 1. The third kappa shape index (κ3) is 4.58. The van der Waals surface area contributed by atoms with Gasteiger partial charge in [-0.1, -0.05) is 0 Å². The van der Waals surface area contributed by atoms with Gasteiger partial charge in [0.15, 0.2) is 11.6 Å². The van der Waals surface area contributed by atoms with Gasteiger partial charge in [0.25, 0.3) is 10.0 Å². The van der Waals surface area contributed by atoms with E-state index in [1.54, 1.807) is 18.5 Å². The van der Waals surface area contributed by atoms with Crippen molar-refractivity contribution in [3.05, 3.63) is 30.4 Å². The summed E-state index contributed by atoms with van der Waals surface area (Å²) in [5, 5.41) is -0.171. The molecule has 0 saturated heterocycles. The van der Waals surface area contributed by atoms with Crippen LogP contribution in [-0.4, -0.2) is 35.7 Å². The Balaban J connectivity index is 2.08. The number of aromatic nitrogens is 3. The molecule has 0 fully saturated rings. The summed E-state index contributed by atoms with van der Waals surface area (Å²) in [6.45, 7) is 0.172. The van der Waals surface area contributed by atoms with Crippen molar-refractivity contribution in [3.8, 4) is 5.88 Å². The number of hydrogen-bond donors (Lipinski definition) is 1. The Morgan fingerprint density at radius 1 is 1.35 bits per heavy atom. The van der Waals surface area contributed by atoms with Crippen LogP contribution in [-0.2, 0) is 17.1 Å². The van der Waals surface area contributed by atoms with Crippen molar-refractivity contribution in [1.29, 1.82) is 0 Å². The van der Waals surface area contributed by atoms with Gasteiger partial charge >= 0.3 is 6.18 Å². The molecule has 2 aromatic rings. The van der Waals surface area contributed by atoms with Crippen molar-refractivity contribution in [2.75, 3.05) is 11.3 Å². The van der Waals surface area contributed by atoms with Crippen molar-refractivity contribution in [2.45, 2.75) is 18.1 Å². The Bertz CT molecular complexity index is 765. The van der Waals surface area contributed by atoms with Gasteiger partial charge in [-0.3, -0.25) is 4.72 Å². The minimum absolute atomic E-state index is 0.0765. The van der Waals surface area contributed by atoms with E-state index >= 15 is 0 Å². The monoisotopic (exact) mass is 350 g/mol. The predicted molar refractivity (Wildman–Crippen MR) is 74.5 cm³/mol. The molecule has 2 heterocycles. The number of sulfonamides is 1. The van der Waals surface area contributed by atoms with Crippen molar-refractivity contribution in [1.82, 2.24) is 14.5 Å². The molecule has 1 N–H and O–H groups in total. The Labute approximate surface area is 130 Å². The minimum Gasteiger partial charge on any atom is -0.468 e. The highest BCUT2D eigenvalue weighted by molar-refractivity contribution is 7.92. The molecule has 0 spiro atoms. The van der Waals surface area contributed by atoms with E-state index in [-0.39, 0.29) is 16.6 Å². The molecular weight excluding hydrogens is 337 g/mol. The van der Waals surface area contributed by atoms with Gasteiger partial charge in [0.05, 0.1) is 11.9 Å². The molecule has 0 atom stereocenters. The highest BCUT2D eigenvalue weighted by atomic mass is 32.2. The van der Waals surface area contributed by atoms with Gasteiger partial charge in [0.1, 0.15) is 5.82 Å². The van der Waals surface area contributed by atoms with Crippen LogP contribution < -0.4 is 9.46 Å². The molecular formula is C12H13F3N4O3S. The summed E-state index contributed by atoms with van der Waals surface area (Å²) in [6, 6.07) is 2.37. The van der Waals surface area contributed by atoms with Crippen molar-refractivity contribution in [2.24, 2.45) is 7.05 Å². The predicted octanol–water partition coefficient (Wildman–Crippen LogP) is 1.87. The van der Waals surface area contributed by atoms with E-state index in [9.17, 15) is 21.6 Å². The molecule has 0 aromatic carbocycles. The summed E-state index contributed by atoms with van der Waals surface area (Å²) in [6.07, 6.45) is -2.08. The van der Waals surface area contributed by atoms with E-state index in [4.69, 9.17) is 0 Å². The van der Waals surface area contributed by atoms with Crippen LogP contribution in [0.2, 0.25) is 0 Å². The maximum atomic E-state index is 12.1. The number of nitrogens with zero attached hydrogens (tertiary/aromatic N) is 3. The number of hydrogen-bond acceptors (Lipinski definition) is 5. The van der Waals surface area contributed by atoms with Gasteiger partial charge in [-0.15, -0.1) is 0 Å². The lowest BCUT2D eigenvalue weighted by molar-refractivity contribution is -0.154. The first-order chi connectivity index (χ1) is 10.6. The second kappa shape index (κ2) is 6.07. The van der Waals surface area contributed by atoms with Crippen LogP contribution in [0.15, 0.2) is 29.6 Å². The summed E-state index contributed by atoms with van der Waals surface area (Å²) < 4.78 is 68.5. The summed E-state index contributed by atoms with van der Waals surface area (Å²) in [4.78, 5) is 7.50. The smallest absolute Gasteiger partial charge is 0.422 e. The van der Waals surface area contributed by atoms with Crippen molar-refractivity contribution in [3.63, 3.8) is 0 Å². The van der Waals surface area contributed by atoms with Gasteiger partial charge in [0, 0.05) is 19.3 Å². The van der Waals surface area contributed by atoms with Crippen LogP contribution >= 0.6 is 0 Å². The van der Waals surface area contributed by atoms with E-state index in [1.807, 2.05) is 0 Å². The molecule has 0 aliphatic rings. The number of aryl methyl sites for hydroxylation is 2. The lowest BCUT2D eigenvalue weighted by Gasteiger charge is -2.09. The van der Waals surface area contributed by atoms with Gasteiger partial charge in [-0.25, -0.2) is 9.97 Å². The fraction of sp³-hybridized carbons (Fsp3) is 0.333. The molecule has 0 radical (unpaired) electrons. The third-order valence-electron chi connectivity index (χ3n) is 2.73. The average molecular weight is 350 g/mol. The number of pyridine rings is 1. The fourth-order valence-corrected chi connectivity index (χ4v) is 2.63. The largest absolute Gasteiger partial charge is 0.468 e. The highest BCUT2D eigenvalue weighted by Gasteiger charge is 2.28. The second-order valence-corrected chi connectivity index (χ2v) is 6.26. The number of alkyl halides is 3. The Morgan fingerprint density at radius 2 is 2.04 bits per heavy atom. The quantitative estimate of drug-likeness (QED) is 0.890. The third-order valence-corrected chi connectivity index (χ3v) is 3.99. The SMILES string of the molecule is Cc1nc(S(=O)(=O)Nc2ccc(OCC(F)(F)F)nc2)cn1C. The number of ether oxygens (including phenoxy) is 1. The summed E-state index contributed by atoms with van der Waals surface area (Å²) >= 11 is 0. The molecule has 0 amide bonds. The van der Waals surface area contributed by atoms with Crippen LogP contribution in [0.1, 0.15) is 5.82 Å². The summed E-state index contributed by atoms with van der Waals surface area (Å²) in [5.41, 5.74) is 0.0765. The summed E-state index contributed by atoms with van der Waals surface area (Å²) in [7, 11) is -2.26. The number of halogens is 3. The molecule has 0 saturated carbocycles. The van der Waals surface area contributed by atoms with Gasteiger partial charge in [-0.05, 0) is 13.0 Å². The lowest BCUT2D eigenvalue weighted by atomic mass is 10.4. The number of imidazole rings is 1. The van der Waals surface area contributed by atoms with Crippen LogP contribution in [0, 0.1) is 6.92 Å². The Morgan fingerprint density at radius 3 is 2.52 bits per heavy atom. The molecule has 0 unspecified atom stereocenters. The minimum atomic E-state index is -4.47. The standard InChI is InChI=1S/C12H13F3N4O3S/c1-8-17-11(6-19(8)2)23(20,21)18-9-3-4-10(16-5-9)22-7-12(13,14)15/h3-6,18H,7H2,1-2H3. The zero-order chi connectivity index (χ0) is 17.3. The van der Waals surface area contributed by atoms with Crippen molar-refractivity contribution < 1.29 is 26.3 Å². The van der Waals surface area contributed by atoms with Crippen LogP contribution in [0.4, 0.5) is 18.9 Å². The molecule has 2 aromatic heterocycles. The van der Waals surface area contributed by atoms with E-state index in [0.29, 0.717) is 5.82 Å². The maximum Gasteiger partial charge on any atom is 0.422 e. The molecule has 0 aliphatic carbocycles. The Kier molecular flexibility index (Phi) is 4.50. The van der Waals surface area contributed by atoms with Crippen LogP contribution in [0.3, 0.4) is 0 Å². The second-order valence-electron chi connectivity index (χ2n) is 4.63. The summed E-state index contributed by atoms with van der Waals surface area (Å²) in [5.74, 6) is 0.248. The molecule has 11 heteroatoms. The number of nitrogens with one attached hydrogen (secondary N) is 1. The van der Waals surface area contributed by atoms with Gasteiger partial charge in [-0.2, -0.15) is 21.6 Å². The fourth-order valence-electron chi connectivity index (χ4n) is 1.55. The Hall–Kier alpha value is -2.30. The molecule has 0 bridgehead atoms. The maximum absolute atomic E-state index is 12.1. The van der Waals surface area contributed by atoms with Gasteiger partial charge < -0.3 is 9.30 Å². The molecule has 126 valence electrons. The molecule has 0 aliphatic heterocycles. The van der Waals surface area contributed by atoms with Crippen molar-refractivity contribution >= 4 is 15.7 Å². The van der Waals surface area contributed by atoms with E-state index < -0.39 is 22.8 Å².